The molecule has 150 valence electrons. The van der Waals surface area contributed by atoms with Crippen molar-refractivity contribution in [1.82, 2.24) is 4.90 Å². The monoisotopic (exact) mass is 398 g/mol. The minimum absolute atomic E-state index is 0.0469. The molecular formula is C21H19FN2O5. The van der Waals surface area contributed by atoms with Crippen LogP contribution in [0, 0.1) is 11.7 Å². The fraction of sp³-hybridized carbons (Fsp3) is 0.238. The van der Waals surface area contributed by atoms with Crippen LogP contribution in [0.25, 0.3) is 0 Å². The first-order chi connectivity index (χ1) is 13.8. The Balaban J connectivity index is 1.69. The zero-order valence-corrected chi connectivity index (χ0v) is 15.8. The third-order valence-corrected chi connectivity index (χ3v) is 4.47. The van der Waals surface area contributed by atoms with Crippen LogP contribution in [0.5, 0.6) is 0 Å². The van der Waals surface area contributed by atoms with Gasteiger partial charge in [0.25, 0.3) is 17.7 Å². The van der Waals surface area contributed by atoms with Gasteiger partial charge in [-0.2, -0.15) is 0 Å². The number of carbonyl (C=O) groups is 4. The Morgan fingerprint density at radius 2 is 1.55 bits per heavy atom. The molecule has 1 N–H and O–H groups in total. The van der Waals surface area contributed by atoms with Crippen LogP contribution in [0.4, 0.5) is 10.1 Å². The number of anilines is 1. The number of benzene rings is 2. The number of esters is 1. The van der Waals surface area contributed by atoms with Crippen LogP contribution < -0.4 is 5.32 Å². The molecule has 29 heavy (non-hydrogen) atoms. The highest BCUT2D eigenvalue weighted by Gasteiger charge is 2.44. The van der Waals surface area contributed by atoms with Crippen LogP contribution in [0.3, 0.4) is 0 Å². The number of ether oxygens (including phenoxy) is 1. The fourth-order valence-corrected chi connectivity index (χ4v) is 3.11. The minimum atomic E-state index is -1.19. The SMILES string of the molecule is CC(C)[C@@H](C(=O)OCC(=O)Nc1ccccc1F)N1C(=O)c2ccccc2C1=O. The Kier molecular flexibility index (Phi) is 5.72. The average molecular weight is 398 g/mol. The number of imide groups is 1. The van der Waals surface area contributed by atoms with E-state index < -0.39 is 48.1 Å². The number of nitrogens with one attached hydrogen (secondary N) is 1. The van der Waals surface area contributed by atoms with Gasteiger partial charge in [-0.3, -0.25) is 19.3 Å². The van der Waals surface area contributed by atoms with Gasteiger partial charge in [0.2, 0.25) is 0 Å². The summed E-state index contributed by atoms with van der Waals surface area (Å²) in [5.74, 6) is -3.88. The molecule has 0 fully saturated rings. The summed E-state index contributed by atoms with van der Waals surface area (Å²) in [5.41, 5.74) is 0.385. The number of carbonyl (C=O) groups excluding carboxylic acids is 4. The first-order valence-electron chi connectivity index (χ1n) is 8.99. The molecule has 0 bridgehead atoms. The molecule has 3 rings (SSSR count). The molecule has 1 atom stereocenters. The molecule has 1 aliphatic heterocycles. The summed E-state index contributed by atoms with van der Waals surface area (Å²) in [6, 6.07) is 10.7. The Morgan fingerprint density at radius 1 is 1.00 bits per heavy atom. The van der Waals surface area contributed by atoms with Crippen molar-refractivity contribution in [2.24, 2.45) is 5.92 Å². The van der Waals surface area contributed by atoms with Gasteiger partial charge >= 0.3 is 5.97 Å². The lowest BCUT2D eigenvalue weighted by Gasteiger charge is -2.27. The van der Waals surface area contributed by atoms with E-state index in [0.29, 0.717) is 0 Å². The molecule has 0 spiro atoms. The van der Waals surface area contributed by atoms with Gasteiger partial charge < -0.3 is 10.1 Å². The van der Waals surface area contributed by atoms with Crippen molar-refractivity contribution >= 4 is 29.4 Å². The Bertz CT molecular complexity index is 954. The number of nitrogens with zero attached hydrogens (tertiary/aromatic N) is 1. The third-order valence-electron chi connectivity index (χ3n) is 4.47. The Morgan fingerprint density at radius 3 is 2.10 bits per heavy atom. The standard InChI is InChI=1S/C21H19FN2O5/c1-12(2)18(24-19(26)13-7-3-4-8-14(13)20(24)27)21(28)29-11-17(25)23-16-10-6-5-9-15(16)22/h3-10,12,18H,11H2,1-2H3,(H,23,25)/t18-/m0/s1. The van der Waals surface area contributed by atoms with Gasteiger partial charge in [-0.25, -0.2) is 9.18 Å². The van der Waals surface area contributed by atoms with E-state index in [2.05, 4.69) is 5.32 Å². The van der Waals surface area contributed by atoms with Crippen LogP contribution in [0.2, 0.25) is 0 Å². The quantitative estimate of drug-likeness (QED) is 0.597. The van der Waals surface area contributed by atoms with E-state index in [0.717, 1.165) is 4.90 Å². The number of hydrogen-bond donors (Lipinski definition) is 1. The molecule has 7 nitrogen and oxygen atoms in total. The molecule has 2 aromatic rings. The number of fused-ring (bicyclic) bond motifs is 1. The molecule has 0 saturated carbocycles. The maximum absolute atomic E-state index is 13.6. The predicted molar refractivity (Wildman–Crippen MR) is 102 cm³/mol. The van der Waals surface area contributed by atoms with Crippen molar-refractivity contribution in [2.75, 3.05) is 11.9 Å². The maximum Gasteiger partial charge on any atom is 0.330 e. The van der Waals surface area contributed by atoms with E-state index in [-0.39, 0.29) is 16.8 Å². The van der Waals surface area contributed by atoms with Crippen LogP contribution in [-0.4, -0.2) is 41.2 Å². The predicted octanol–water partition coefficient (Wildman–Crippen LogP) is 2.63. The lowest BCUT2D eigenvalue weighted by molar-refractivity contribution is -0.152. The van der Waals surface area contributed by atoms with E-state index in [1.807, 2.05) is 0 Å². The lowest BCUT2D eigenvalue weighted by atomic mass is 10.0. The topological polar surface area (TPSA) is 92.8 Å². The van der Waals surface area contributed by atoms with Crippen molar-refractivity contribution < 1.29 is 28.3 Å². The molecule has 0 aliphatic carbocycles. The van der Waals surface area contributed by atoms with E-state index >= 15 is 0 Å². The second-order valence-corrected chi connectivity index (χ2v) is 6.85. The van der Waals surface area contributed by atoms with Gasteiger partial charge in [0, 0.05) is 0 Å². The zero-order valence-electron chi connectivity index (χ0n) is 15.8. The minimum Gasteiger partial charge on any atom is -0.454 e. The largest absolute Gasteiger partial charge is 0.454 e. The third kappa shape index (κ3) is 4.01. The molecule has 8 heteroatoms. The van der Waals surface area contributed by atoms with E-state index in [4.69, 9.17) is 4.74 Å². The summed E-state index contributed by atoms with van der Waals surface area (Å²) < 4.78 is 18.6. The fourth-order valence-electron chi connectivity index (χ4n) is 3.11. The Labute approximate surface area is 166 Å². The molecule has 1 heterocycles. The number of hydrogen-bond acceptors (Lipinski definition) is 5. The highest BCUT2D eigenvalue weighted by molar-refractivity contribution is 6.22. The van der Waals surface area contributed by atoms with E-state index in [1.165, 1.54) is 30.3 Å². The molecule has 0 saturated heterocycles. The summed E-state index contributed by atoms with van der Waals surface area (Å²) in [7, 11) is 0. The van der Waals surface area contributed by atoms with Crippen molar-refractivity contribution in [3.63, 3.8) is 0 Å². The number of halogens is 1. The molecule has 3 amide bonds. The number of amides is 3. The van der Waals surface area contributed by atoms with Crippen molar-refractivity contribution in [3.05, 3.63) is 65.5 Å². The molecule has 0 unspecified atom stereocenters. The Hall–Kier alpha value is -3.55. The van der Waals surface area contributed by atoms with Gasteiger partial charge in [0.1, 0.15) is 11.9 Å². The highest BCUT2D eigenvalue weighted by atomic mass is 19.1. The van der Waals surface area contributed by atoms with Crippen molar-refractivity contribution in [2.45, 2.75) is 19.9 Å². The van der Waals surface area contributed by atoms with Crippen molar-refractivity contribution in [3.8, 4) is 0 Å². The van der Waals surface area contributed by atoms with Crippen LogP contribution in [-0.2, 0) is 14.3 Å². The van der Waals surface area contributed by atoms with Crippen molar-refractivity contribution in [1.29, 1.82) is 0 Å². The summed E-state index contributed by atoms with van der Waals surface area (Å²) in [4.78, 5) is 50.8. The van der Waals surface area contributed by atoms with Crippen LogP contribution in [0.15, 0.2) is 48.5 Å². The molecule has 0 aromatic heterocycles. The summed E-state index contributed by atoms with van der Waals surface area (Å²) >= 11 is 0. The lowest BCUT2D eigenvalue weighted by Crippen LogP contribution is -2.49. The second kappa shape index (κ2) is 8.22. The molecule has 0 radical (unpaired) electrons. The van der Waals surface area contributed by atoms with Gasteiger partial charge in [0.15, 0.2) is 6.61 Å². The maximum atomic E-state index is 13.6. The molecule has 1 aliphatic rings. The number of para-hydroxylation sites is 1. The van der Waals surface area contributed by atoms with Gasteiger partial charge in [-0.05, 0) is 30.2 Å². The van der Waals surface area contributed by atoms with Crippen LogP contribution in [0.1, 0.15) is 34.6 Å². The summed E-state index contributed by atoms with van der Waals surface area (Å²) in [5, 5.41) is 2.30. The summed E-state index contributed by atoms with van der Waals surface area (Å²) in [6.07, 6.45) is 0. The summed E-state index contributed by atoms with van der Waals surface area (Å²) in [6.45, 7) is 2.64. The highest BCUT2D eigenvalue weighted by Crippen LogP contribution is 2.27. The second-order valence-electron chi connectivity index (χ2n) is 6.85. The van der Waals surface area contributed by atoms with E-state index in [9.17, 15) is 23.6 Å². The first-order valence-corrected chi connectivity index (χ1v) is 8.99. The average Bonchev–Trinajstić information content (AvgIpc) is 2.94. The van der Waals surface area contributed by atoms with Gasteiger partial charge in [-0.15, -0.1) is 0 Å². The smallest absolute Gasteiger partial charge is 0.330 e. The molecule has 2 aromatic carbocycles. The molecular weight excluding hydrogens is 379 g/mol. The number of rotatable bonds is 6. The zero-order chi connectivity index (χ0) is 21.1. The van der Waals surface area contributed by atoms with Crippen LogP contribution >= 0.6 is 0 Å². The van der Waals surface area contributed by atoms with E-state index in [1.54, 1.807) is 32.0 Å². The normalized spacial score (nSPS) is 14.0. The van der Waals surface area contributed by atoms with Gasteiger partial charge in [0.05, 0.1) is 16.8 Å². The first kappa shape index (κ1) is 20.2. The van der Waals surface area contributed by atoms with Gasteiger partial charge in [-0.1, -0.05) is 38.1 Å².